The van der Waals surface area contributed by atoms with Crippen LogP contribution < -0.4 is 5.73 Å². The van der Waals surface area contributed by atoms with Crippen LogP contribution in [0.3, 0.4) is 0 Å². The van der Waals surface area contributed by atoms with Crippen LogP contribution >= 0.6 is 0 Å². The van der Waals surface area contributed by atoms with E-state index >= 15 is 0 Å². The van der Waals surface area contributed by atoms with Crippen LogP contribution in [0.4, 0.5) is 0 Å². The molecule has 0 amide bonds. The van der Waals surface area contributed by atoms with E-state index in [1.165, 1.54) is 6.08 Å². The van der Waals surface area contributed by atoms with Gasteiger partial charge in [-0.2, -0.15) is 5.26 Å². The zero-order valence-corrected chi connectivity index (χ0v) is 11.6. The van der Waals surface area contributed by atoms with Gasteiger partial charge in [0.2, 0.25) is 0 Å². The maximum absolute atomic E-state index is 8.19. The Balaban J connectivity index is 0.000000211. The molecular formula is C18H17N3. The minimum atomic E-state index is 0.0776. The smallest absolute Gasteiger partial charge is 0.115 e. The highest BCUT2D eigenvalue weighted by molar-refractivity contribution is 5.92. The number of amidine groups is 1. The molecular weight excluding hydrogens is 258 g/mol. The fraction of sp³-hybridized carbons (Fsp3) is 0. The largest absolute Gasteiger partial charge is 0.384 e. The molecule has 2 aromatic carbocycles. The van der Waals surface area contributed by atoms with Gasteiger partial charge in [0.1, 0.15) is 5.84 Å². The molecule has 0 aliphatic carbocycles. The Morgan fingerprint density at radius 1 is 0.905 bits per heavy atom. The highest BCUT2D eigenvalue weighted by Gasteiger charge is 1.82. The molecule has 0 saturated heterocycles. The third-order valence-corrected chi connectivity index (χ3v) is 2.40. The molecule has 0 atom stereocenters. The Morgan fingerprint density at radius 2 is 1.38 bits per heavy atom. The topological polar surface area (TPSA) is 73.7 Å². The molecule has 21 heavy (non-hydrogen) atoms. The number of rotatable bonds is 3. The number of allylic oxidation sites excluding steroid dienone is 1. The third-order valence-electron chi connectivity index (χ3n) is 2.40. The van der Waals surface area contributed by atoms with E-state index in [9.17, 15) is 0 Å². The summed E-state index contributed by atoms with van der Waals surface area (Å²) in [5.41, 5.74) is 7.25. The highest BCUT2D eigenvalue weighted by atomic mass is 14.7. The molecule has 0 aromatic heterocycles. The molecule has 0 aliphatic rings. The van der Waals surface area contributed by atoms with Crippen molar-refractivity contribution in [1.29, 1.82) is 10.7 Å². The molecule has 3 N–H and O–H groups in total. The first-order valence-electron chi connectivity index (χ1n) is 6.41. The Labute approximate surface area is 125 Å². The molecule has 0 spiro atoms. The van der Waals surface area contributed by atoms with Gasteiger partial charge in [0.15, 0.2) is 0 Å². The summed E-state index contributed by atoms with van der Waals surface area (Å²) < 4.78 is 0. The summed E-state index contributed by atoms with van der Waals surface area (Å²) in [6.45, 7) is 0. The van der Waals surface area contributed by atoms with Gasteiger partial charge in [-0.3, -0.25) is 5.41 Å². The number of benzene rings is 2. The Morgan fingerprint density at radius 3 is 1.81 bits per heavy atom. The van der Waals surface area contributed by atoms with Crippen LogP contribution in [-0.2, 0) is 0 Å². The number of nitrogens with two attached hydrogens (primary N) is 1. The number of hydrogen-bond acceptors (Lipinski definition) is 2. The fourth-order valence-corrected chi connectivity index (χ4v) is 1.45. The molecule has 0 unspecified atom stereocenters. The normalized spacial score (nSPS) is 9.86. The molecule has 3 heteroatoms. The van der Waals surface area contributed by atoms with Gasteiger partial charge in [-0.15, -0.1) is 0 Å². The standard InChI is InChI=1S/C9H10N2.C9H7N/c10-9(11)7-6-8-4-2-1-3-5-8;10-8-4-7-9-5-2-1-3-6-9/h1-7H,(H3,10,11);1-7H/b7-6+;7-4+. The van der Waals surface area contributed by atoms with Crippen LogP contribution in [0, 0.1) is 16.7 Å². The Bertz CT molecular complexity index is 635. The molecule has 3 nitrogen and oxygen atoms in total. The van der Waals surface area contributed by atoms with Crippen molar-refractivity contribution in [2.75, 3.05) is 0 Å². The number of nitrogens with zero attached hydrogens (tertiary/aromatic N) is 1. The van der Waals surface area contributed by atoms with E-state index in [0.717, 1.165) is 11.1 Å². The molecule has 0 radical (unpaired) electrons. The lowest BCUT2D eigenvalue weighted by Crippen LogP contribution is -2.03. The van der Waals surface area contributed by atoms with Gasteiger partial charge in [0.25, 0.3) is 0 Å². The van der Waals surface area contributed by atoms with Crippen molar-refractivity contribution < 1.29 is 0 Å². The van der Waals surface area contributed by atoms with Crippen molar-refractivity contribution >= 4 is 18.0 Å². The molecule has 104 valence electrons. The zero-order chi connectivity index (χ0) is 15.3. The third kappa shape index (κ3) is 7.81. The maximum atomic E-state index is 8.19. The Kier molecular flexibility index (Phi) is 7.41. The van der Waals surface area contributed by atoms with E-state index in [2.05, 4.69) is 0 Å². The number of nitrogens with one attached hydrogen (secondary N) is 1. The first-order valence-corrected chi connectivity index (χ1v) is 6.41. The lowest BCUT2D eigenvalue weighted by Gasteiger charge is -1.89. The van der Waals surface area contributed by atoms with Crippen molar-refractivity contribution in [2.24, 2.45) is 5.73 Å². The second kappa shape index (κ2) is 9.76. The SMILES string of the molecule is N#C/C=C/c1ccccc1.N=C(N)/C=C/c1ccccc1. The average molecular weight is 275 g/mol. The second-order valence-electron chi connectivity index (χ2n) is 4.07. The van der Waals surface area contributed by atoms with E-state index in [1.807, 2.05) is 72.8 Å². The van der Waals surface area contributed by atoms with Crippen LogP contribution in [-0.4, -0.2) is 5.84 Å². The van der Waals surface area contributed by atoms with Gasteiger partial charge in [-0.25, -0.2) is 0 Å². The summed E-state index contributed by atoms with van der Waals surface area (Å²) in [7, 11) is 0. The minimum Gasteiger partial charge on any atom is -0.384 e. The zero-order valence-electron chi connectivity index (χ0n) is 11.6. The van der Waals surface area contributed by atoms with E-state index in [4.69, 9.17) is 16.4 Å². The molecule has 0 fully saturated rings. The summed E-state index contributed by atoms with van der Waals surface area (Å²) in [6.07, 6.45) is 6.62. The van der Waals surface area contributed by atoms with E-state index < -0.39 is 0 Å². The quantitative estimate of drug-likeness (QED) is 0.507. The van der Waals surface area contributed by atoms with Gasteiger partial charge in [-0.05, 0) is 23.3 Å². The predicted octanol–water partition coefficient (Wildman–Crippen LogP) is 3.86. The molecule has 2 aromatic rings. The van der Waals surface area contributed by atoms with Crippen molar-refractivity contribution in [1.82, 2.24) is 0 Å². The summed E-state index contributed by atoms with van der Waals surface area (Å²) in [4.78, 5) is 0. The fourth-order valence-electron chi connectivity index (χ4n) is 1.45. The van der Waals surface area contributed by atoms with Crippen LogP contribution in [0.2, 0.25) is 0 Å². The first-order chi connectivity index (χ1) is 10.2. The van der Waals surface area contributed by atoms with Crippen LogP contribution in [0.15, 0.2) is 72.8 Å². The lowest BCUT2D eigenvalue weighted by molar-refractivity contribution is 1.47. The number of hydrogen-bond donors (Lipinski definition) is 2. The first kappa shape index (κ1) is 15.9. The van der Waals surface area contributed by atoms with E-state index in [0.29, 0.717) is 0 Å². The monoisotopic (exact) mass is 275 g/mol. The van der Waals surface area contributed by atoms with Crippen molar-refractivity contribution in [3.05, 3.63) is 83.9 Å². The summed E-state index contributed by atoms with van der Waals surface area (Å²) >= 11 is 0. The van der Waals surface area contributed by atoms with Crippen LogP contribution in [0.1, 0.15) is 11.1 Å². The minimum absolute atomic E-state index is 0.0776. The van der Waals surface area contributed by atoms with Gasteiger partial charge in [-0.1, -0.05) is 66.7 Å². The maximum Gasteiger partial charge on any atom is 0.115 e. The van der Waals surface area contributed by atoms with E-state index in [1.54, 1.807) is 12.2 Å². The van der Waals surface area contributed by atoms with Crippen LogP contribution in [0.5, 0.6) is 0 Å². The van der Waals surface area contributed by atoms with Crippen molar-refractivity contribution in [3.63, 3.8) is 0 Å². The van der Waals surface area contributed by atoms with Crippen molar-refractivity contribution in [3.8, 4) is 6.07 Å². The van der Waals surface area contributed by atoms with Gasteiger partial charge in [0, 0.05) is 6.08 Å². The molecule has 0 heterocycles. The van der Waals surface area contributed by atoms with E-state index in [-0.39, 0.29) is 5.84 Å². The Hall–Kier alpha value is -3.12. The molecule has 0 saturated carbocycles. The lowest BCUT2D eigenvalue weighted by atomic mass is 10.2. The predicted molar refractivity (Wildman–Crippen MR) is 88.5 cm³/mol. The molecule has 2 rings (SSSR count). The molecule has 0 aliphatic heterocycles. The van der Waals surface area contributed by atoms with Gasteiger partial charge >= 0.3 is 0 Å². The summed E-state index contributed by atoms with van der Waals surface area (Å²) in [5.74, 6) is 0.0776. The van der Waals surface area contributed by atoms with Gasteiger partial charge in [0.05, 0.1) is 6.07 Å². The van der Waals surface area contributed by atoms with Gasteiger partial charge < -0.3 is 5.73 Å². The van der Waals surface area contributed by atoms with Crippen molar-refractivity contribution in [2.45, 2.75) is 0 Å². The summed E-state index contributed by atoms with van der Waals surface area (Å²) in [5, 5.41) is 15.1. The highest BCUT2D eigenvalue weighted by Crippen LogP contribution is 2.00. The summed E-state index contributed by atoms with van der Waals surface area (Å²) in [6, 6.07) is 21.4. The second-order valence-corrected chi connectivity index (χ2v) is 4.07. The average Bonchev–Trinajstić information content (AvgIpc) is 2.53. The molecule has 0 bridgehead atoms. The van der Waals surface area contributed by atoms with Crippen LogP contribution in [0.25, 0.3) is 12.2 Å². The number of nitriles is 1.